The average molecular weight is 271 g/mol. The first kappa shape index (κ1) is 12.8. The Hall–Kier alpha value is -2.23. The van der Waals surface area contributed by atoms with Gasteiger partial charge < -0.3 is 14.4 Å². The summed E-state index contributed by atoms with van der Waals surface area (Å²) in [4.78, 5) is 14.5. The van der Waals surface area contributed by atoms with Crippen LogP contribution in [0.2, 0.25) is 0 Å². The van der Waals surface area contributed by atoms with Crippen molar-refractivity contribution < 1.29 is 14.3 Å². The minimum atomic E-state index is 0.0111. The van der Waals surface area contributed by atoms with Gasteiger partial charge in [0, 0.05) is 24.2 Å². The van der Waals surface area contributed by atoms with Crippen molar-refractivity contribution in [2.75, 3.05) is 13.1 Å². The second-order valence-electron chi connectivity index (χ2n) is 5.11. The molecule has 0 unspecified atom stereocenters. The first-order valence-electron chi connectivity index (χ1n) is 6.84. The van der Waals surface area contributed by atoms with Crippen molar-refractivity contribution >= 4 is 5.91 Å². The SMILES string of the molecule is Cc1c(O)ccc(C(=O)N2CCCC2)c1-c1ccco1. The summed E-state index contributed by atoms with van der Waals surface area (Å²) in [5.74, 6) is 0.798. The van der Waals surface area contributed by atoms with Gasteiger partial charge in [-0.05, 0) is 44.0 Å². The fraction of sp³-hybridized carbons (Fsp3) is 0.312. The van der Waals surface area contributed by atoms with E-state index in [1.807, 2.05) is 11.0 Å². The lowest BCUT2D eigenvalue weighted by molar-refractivity contribution is 0.0793. The Morgan fingerprint density at radius 3 is 2.65 bits per heavy atom. The molecule has 2 heterocycles. The predicted octanol–water partition coefficient (Wildman–Crippen LogP) is 3.20. The molecule has 0 aliphatic carbocycles. The van der Waals surface area contributed by atoms with Crippen molar-refractivity contribution in [3.63, 3.8) is 0 Å². The number of likely N-dealkylation sites (tertiary alicyclic amines) is 1. The van der Waals surface area contributed by atoms with Crippen LogP contribution in [0.4, 0.5) is 0 Å². The van der Waals surface area contributed by atoms with E-state index in [-0.39, 0.29) is 11.7 Å². The van der Waals surface area contributed by atoms with Gasteiger partial charge >= 0.3 is 0 Å². The molecule has 3 rings (SSSR count). The zero-order valence-electron chi connectivity index (χ0n) is 11.4. The first-order valence-corrected chi connectivity index (χ1v) is 6.84. The lowest BCUT2D eigenvalue weighted by atomic mass is 9.98. The molecule has 1 aromatic carbocycles. The number of hydrogen-bond acceptors (Lipinski definition) is 3. The highest BCUT2D eigenvalue weighted by Gasteiger charge is 2.25. The number of rotatable bonds is 2. The molecule has 0 spiro atoms. The Kier molecular flexibility index (Phi) is 3.22. The second-order valence-corrected chi connectivity index (χ2v) is 5.11. The van der Waals surface area contributed by atoms with Crippen molar-refractivity contribution in [1.82, 2.24) is 4.90 Å². The zero-order chi connectivity index (χ0) is 14.1. The summed E-state index contributed by atoms with van der Waals surface area (Å²) in [6.07, 6.45) is 3.68. The Bertz CT molecular complexity index is 625. The summed E-state index contributed by atoms with van der Waals surface area (Å²) in [5.41, 5.74) is 1.95. The standard InChI is InChI=1S/C16H17NO3/c1-11-13(18)7-6-12(15(11)14-5-4-10-20-14)16(19)17-8-2-3-9-17/h4-7,10,18H,2-3,8-9H2,1H3. The van der Waals surface area contributed by atoms with Crippen molar-refractivity contribution in [3.05, 3.63) is 41.7 Å². The number of furan rings is 1. The molecular formula is C16H17NO3. The van der Waals surface area contributed by atoms with Crippen LogP contribution in [0.15, 0.2) is 34.9 Å². The van der Waals surface area contributed by atoms with E-state index in [2.05, 4.69) is 0 Å². The predicted molar refractivity (Wildman–Crippen MR) is 75.7 cm³/mol. The van der Waals surface area contributed by atoms with E-state index in [9.17, 15) is 9.90 Å². The highest BCUT2D eigenvalue weighted by molar-refractivity contribution is 6.01. The number of hydrogen-bond donors (Lipinski definition) is 1. The molecule has 0 radical (unpaired) electrons. The zero-order valence-corrected chi connectivity index (χ0v) is 11.4. The molecule has 1 aliphatic heterocycles. The molecule has 0 atom stereocenters. The highest BCUT2D eigenvalue weighted by atomic mass is 16.3. The largest absolute Gasteiger partial charge is 0.508 e. The molecule has 0 saturated carbocycles. The number of phenols is 1. The number of carbonyl (C=O) groups is 1. The molecule has 104 valence electrons. The molecular weight excluding hydrogens is 254 g/mol. The van der Waals surface area contributed by atoms with Crippen LogP contribution in [0.3, 0.4) is 0 Å². The van der Waals surface area contributed by atoms with E-state index in [0.29, 0.717) is 22.5 Å². The number of benzene rings is 1. The topological polar surface area (TPSA) is 53.7 Å². The van der Waals surface area contributed by atoms with Crippen molar-refractivity contribution in [2.24, 2.45) is 0 Å². The van der Waals surface area contributed by atoms with Gasteiger partial charge in [-0.15, -0.1) is 0 Å². The Balaban J connectivity index is 2.11. The van der Waals surface area contributed by atoms with Crippen molar-refractivity contribution in [2.45, 2.75) is 19.8 Å². The van der Waals surface area contributed by atoms with E-state index in [4.69, 9.17) is 4.42 Å². The van der Waals surface area contributed by atoms with Gasteiger partial charge in [0.2, 0.25) is 0 Å². The monoisotopic (exact) mass is 271 g/mol. The van der Waals surface area contributed by atoms with Crippen LogP contribution >= 0.6 is 0 Å². The number of aromatic hydroxyl groups is 1. The molecule has 1 fully saturated rings. The van der Waals surface area contributed by atoms with Crippen molar-refractivity contribution in [1.29, 1.82) is 0 Å². The number of carbonyl (C=O) groups excluding carboxylic acids is 1. The molecule has 20 heavy (non-hydrogen) atoms. The van der Waals surface area contributed by atoms with Crippen molar-refractivity contribution in [3.8, 4) is 17.1 Å². The first-order chi connectivity index (χ1) is 9.68. The van der Waals surface area contributed by atoms with Crippen LogP contribution in [0.25, 0.3) is 11.3 Å². The maximum atomic E-state index is 12.6. The van der Waals surface area contributed by atoms with E-state index in [1.165, 1.54) is 0 Å². The highest BCUT2D eigenvalue weighted by Crippen LogP contribution is 2.34. The number of nitrogens with zero attached hydrogens (tertiary/aromatic N) is 1. The van der Waals surface area contributed by atoms with Crippen LogP contribution in [-0.2, 0) is 0 Å². The average Bonchev–Trinajstić information content (AvgIpc) is 3.13. The summed E-state index contributed by atoms with van der Waals surface area (Å²) in [6, 6.07) is 6.84. The molecule has 1 saturated heterocycles. The van der Waals surface area contributed by atoms with Gasteiger partial charge in [0.25, 0.3) is 5.91 Å². The van der Waals surface area contributed by atoms with Gasteiger partial charge in [-0.1, -0.05) is 0 Å². The van der Waals surface area contributed by atoms with Gasteiger partial charge in [-0.25, -0.2) is 0 Å². The Morgan fingerprint density at radius 2 is 2.00 bits per heavy atom. The van der Waals surface area contributed by atoms with Crippen LogP contribution in [-0.4, -0.2) is 29.0 Å². The molecule has 1 N–H and O–H groups in total. The quantitative estimate of drug-likeness (QED) is 0.912. The van der Waals surface area contributed by atoms with E-state index in [1.54, 1.807) is 31.4 Å². The van der Waals surface area contributed by atoms with Crippen LogP contribution in [0.5, 0.6) is 5.75 Å². The van der Waals surface area contributed by atoms with E-state index >= 15 is 0 Å². The lowest BCUT2D eigenvalue weighted by Gasteiger charge is -2.18. The molecule has 1 amide bonds. The van der Waals surface area contributed by atoms with E-state index < -0.39 is 0 Å². The maximum Gasteiger partial charge on any atom is 0.254 e. The Morgan fingerprint density at radius 1 is 1.25 bits per heavy atom. The second kappa shape index (κ2) is 5.04. The lowest BCUT2D eigenvalue weighted by Crippen LogP contribution is -2.28. The van der Waals surface area contributed by atoms with Crippen LogP contribution in [0.1, 0.15) is 28.8 Å². The minimum absolute atomic E-state index is 0.0111. The summed E-state index contributed by atoms with van der Waals surface area (Å²) in [5, 5.41) is 9.90. The van der Waals surface area contributed by atoms with Gasteiger partial charge in [0.1, 0.15) is 11.5 Å². The molecule has 1 aromatic heterocycles. The summed E-state index contributed by atoms with van der Waals surface area (Å²) in [6.45, 7) is 3.40. The summed E-state index contributed by atoms with van der Waals surface area (Å²) < 4.78 is 5.43. The minimum Gasteiger partial charge on any atom is -0.508 e. The molecule has 2 aromatic rings. The third kappa shape index (κ3) is 2.07. The smallest absolute Gasteiger partial charge is 0.254 e. The van der Waals surface area contributed by atoms with Gasteiger partial charge in [-0.3, -0.25) is 4.79 Å². The molecule has 4 heteroatoms. The van der Waals surface area contributed by atoms with E-state index in [0.717, 1.165) is 25.9 Å². The third-order valence-electron chi connectivity index (χ3n) is 3.83. The fourth-order valence-corrected chi connectivity index (χ4v) is 2.71. The number of amides is 1. The van der Waals surface area contributed by atoms with Gasteiger partial charge in [0.15, 0.2) is 0 Å². The van der Waals surface area contributed by atoms with Gasteiger partial charge in [0.05, 0.1) is 11.8 Å². The molecule has 4 nitrogen and oxygen atoms in total. The Labute approximate surface area is 117 Å². The van der Waals surface area contributed by atoms with Gasteiger partial charge in [-0.2, -0.15) is 0 Å². The third-order valence-corrected chi connectivity index (χ3v) is 3.83. The van der Waals surface area contributed by atoms with Crippen LogP contribution in [0, 0.1) is 6.92 Å². The molecule has 0 bridgehead atoms. The number of phenolic OH excluding ortho intramolecular Hbond substituents is 1. The normalized spacial score (nSPS) is 14.8. The molecule has 1 aliphatic rings. The maximum absolute atomic E-state index is 12.6. The summed E-state index contributed by atoms with van der Waals surface area (Å²) >= 11 is 0. The fourth-order valence-electron chi connectivity index (χ4n) is 2.71. The summed E-state index contributed by atoms with van der Waals surface area (Å²) in [7, 11) is 0. The van der Waals surface area contributed by atoms with Crippen LogP contribution < -0.4 is 0 Å².